The number of aromatic hydroxyl groups is 1. The molecule has 5 nitrogen and oxygen atoms in total. The number of phenols is 1. The van der Waals surface area contributed by atoms with Gasteiger partial charge in [0.1, 0.15) is 17.9 Å². The van der Waals surface area contributed by atoms with Crippen LogP contribution in [-0.2, 0) is 11.8 Å². The number of rotatable bonds is 1. The van der Waals surface area contributed by atoms with Crippen molar-refractivity contribution in [1.82, 2.24) is 9.97 Å². The number of phenolic OH excluding ortho intramolecular Hbond substituents is 1. The lowest BCUT2D eigenvalue weighted by atomic mass is 9.71. The molecule has 1 aliphatic carbocycles. The van der Waals surface area contributed by atoms with Crippen molar-refractivity contribution >= 4 is 23.5 Å². The van der Waals surface area contributed by atoms with E-state index in [0.29, 0.717) is 11.6 Å². The highest BCUT2D eigenvalue weighted by molar-refractivity contribution is 8.00. The van der Waals surface area contributed by atoms with Crippen LogP contribution in [0.4, 0.5) is 11.5 Å². The van der Waals surface area contributed by atoms with Crippen LogP contribution in [-0.4, -0.2) is 27.4 Å². The molecule has 2 aliphatic rings. The fourth-order valence-corrected chi connectivity index (χ4v) is 4.80. The van der Waals surface area contributed by atoms with Gasteiger partial charge in [0, 0.05) is 23.4 Å². The monoisotopic (exact) mass is 328 g/mol. The van der Waals surface area contributed by atoms with Crippen LogP contribution in [0, 0.1) is 0 Å². The lowest BCUT2D eigenvalue weighted by Crippen LogP contribution is -2.29. The standard InChI is InChI=1S/C17H20N4OS/c1-17(2)8-11-10(14-13(17)16(18)20-9-19-14)4-5-12(22)15(11)21-6-3-7-23-21/h4-5,9,22H,3,6-8H2,1-2H3,(H2,18,19,20). The third kappa shape index (κ3) is 2.16. The number of hydrogen-bond donors (Lipinski definition) is 2. The van der Waals surface area contributed by atoms with Gasteiger partial charge in [-0.25, -0.2) is 9.97 Å². The minimum Gasteiger partial charge on any atom is -0.506 e. The third-order valence-corrected chi connectivity index (χ3v) is 5.84. The number of fused-ring (bicyclic) bond motifs is 3. The summed E-state index contributed by atoms with van der Waals surface area (Å²) >= 11 is 1.78. The second-order valence-corrected chi connectivity index (χ2v) is 7.90. The molecule has 1 saturated heterocycles. The molecule has 0 spiro atoms. The Morgan fingerprint density at radius 3 is 2.87 bits per heavy atom. The molecule has 0 saturated carbocycles. The summed E-state index contributed by atoms with van der Waals surface area (Å²) in [5, 5.41) is 10.5. The topological polar surface area (TPSA) is 75.3 Å². The molecule has 1 aromatic heterocycles. The molecule has 1 aromatic carbocycles. The molecule has 1 aliphatic heterocycles. The normalized spacial score (nSPS) is 18.6. The maximum absolute atomic E-state index is 10.5. The summed E-state index contributed by atoms with van der Waals surface area (Å²) in [5.41, 5.74) is 11.1. The van der Waals surface area contributed by atoms with Gasteiger partial charge in [-0.1, -0.05) is 13.8 Å². The van der Waals surface area contributed by atoms with Gasteiger partial charge in [-0.2, -0.15) is 0 Å². The van der Waals surface area contributed by atoms with E-state index in [4.69, 9.17) is 5.73 Å². The largest absolute Gasteiger partial charge is 0.506 e. The molecule has 2 heterocycles. The van der Waals surface area contributed by atoms with Crippen molar-refractivity contribution in [3.05, 3.63) is 29.6 Å². The zero-order valence-electron chi connectivity index (χ0n) is 13.3. The fourth-order valence-electron chi connectivity index (χ4n) is 3.73. The van der Waals surface area contributed by atoms with Crippen molar-refractivity contribution in [2.24, 2.45) is 0 Å². The third-order valence-electron chi connectivity index (χ3n) is 4.69. The van der Waals surface area contributed by atoms with Gasteiger partial charge in [-0.15, -0.1) is 0 Å². The Morgan fingerprint density at radius 1 is 1.30 bits per heavy atom. The highest BCUT2D eigenvalue weighted by Crippen LogP contribution is 2.50. The van der Waals surface area contributed by atoms with Crippen molar-refractivity contribution < 1.29 is 5.11 Å². The van der Waals surface area contributed by atoms with Crippen molar-refractivity contribution in [2.45, 2.75) is 32.1 Å². The lowest BCUT2D eigenvalue weighted by molar-refractivity contribution is 0.472. The predicted molar refractivity (Wildman–Crippen MR) is 94.7 cm³/mol. The van der Waals surface area contributed by atoms with Crippen LogP contribution in [0.3, 0.4) is 0 Å². The van der Waals surface area contributed by atoms with E-state index in [1.54, 1.807) is 18.0 Å². The Balaban J connectivity index is 1.99. The first-order valence-electron chi connectivity index (χ1n) is 7.85. The van der Waals surface area contributed by atoms with E-state index in [9.17, 15) is 5.11 Å². The first-order chi connectivity index (χ1) is 11.0. The number of aromatic nitrogens is 2. The highest BCUT2D eigenvalue weighted by atomic mass is 32.2. The van der Waals surface area contributed by atoms with Gasteiger partial charge in [-0.05, 0) is 47.9 Å². The van der Waals surface area contributed by atoms with E-state index in [0.717, 1.165) is 53.2 Å². The molecule has 0 amide bonds. The fraction of sp³-hybridized carbons (Fsp3) is 0.412. The van der Waals surface area contributed by atoms with Gasteiger partial charge in [0.2, 0.25) is 0 Å². The van der Waals surface area contributed by atoms with E-state index < -0.39 is 0 Å². The summed E-state index contributed by atoms with van der Waals surface area (Å²) in [6, 6.07) is 3.73. The first kappa shape index (κ1) is 14.6. The summed E-state index contributed by atoms with van der Waals surface area (Å²) in [5.74, 6) is 1.99. The Kier molecular flexibility index (Phi) is 3.20. The van der Waals surface area contributed by atoms with Gasteiger partial charge in [0.05, 0.1) is 11.4 Å². The van der Waals surface area contributed by atoms with Crippen LogP contribution < -0.4 is 10.0 Å². The average molecular weight is 328 g/mol. The van der Waals surface area contributed by atoms with Crippen molar-refractivity contribution in [3.63, 3.8) is 0 Å². The second-order valence-electron chi connectivity index (χ2n) is 6.79. The van der Waals surface area contributed by atoms with Gasteiger partial charge < -0.3 is 15.1 Å². The van der Waals surface area contributed by atoms with Crippen molar-refractivity contribution in [3.8, 4) is 17.0 Å². The van der Waals surface area contributed by atoms with Crippen molar-refractivity contribution in [1.29, 1.82) is 0 Å². The number of anilines is 2. The van der Waals surface area contributed by atoms with Crippen LogP contribution >= 0.6 is 11.9 Å². The number of nitrogens with zero attached hydrogens (tertiary/aromatic N) is 3. The molecular formula is C17H20N4OS. The Labute approximate surface area is 140 Å². The molecule has 23 heavy (non-hydrogen) atoms. The van der Waals surface area contributed by atoms with Crippen LogP contribution in [0.5, 0.6) is 5.75 Å². The van der Waals surface area contributed by atoms with E-state index in [1.165, 1.54) is 6.33 Å². The summed E-state index contributed by atoms with van der Waals surface area (Å²) < 4.78 is 2.22. The molecule has 4 rings (SSSR count). The van der Waals surface area contributed by atoms with E-state index in [-0.39, 0.29) is 5.41 Å². The van der Waals surface area contributed by atoms with E-state index >= 15 is 0 Å². The Bertz CT molecular complexity index is 784. The maximum Gasteiger partial charge on any atom is 0.140 e. The van der Waals surface area contributed by atoms with Gasteiger partial charge in [0.25, 0.3) is 0 Å². The smallest absolute Gasteiger partial charge is 0.140 e. The van der Waals surface area contributed by atoms with Crippen LogP contribution in [0.1, 0.15) is 31.4 Å². The Hall–Kier alpha value is -1.95. The van der Waals surface area contributed by atoms with E-state index in [2.05, 4.69) is 28.1 Å². The molecule has 120 valence electrons. The summed E-state index contributed by atoms with van der Waals surface area (Å²) in [6.07, 6.45) is 3.48. The molecule has 0 atom stereocenters. The zero-order valence-corrected chi connectivity index (χ0v) is 14.2. The van der Waals surface area contributed by atoms with Crippen LogP contribution in [0.25, 0.3) is 11.3 Å². The van der Waals surface area contributed by atoms with Gasteiger partial charge in [0.15, 0.2) is 0 Å². The number of nitrogens with two attached hydrogens (primary N) is 1. The summed E-state index contributed by atoms with van der Waals surface area (Å²) in [4.78, 5) is 8.70. The average Bonchev–Trinajstić information content (AvgIpc) is 3.00. The number of benzene rings is 1. The molecular weight excluding hydrogens is 308 g/mol. The van der Waals surface area contributed by atoms with E-state index in [1.807, 2.05) is 6.07 Å². The van der Waals surface area contributed by atoms with Gasteiger partial charge >= 0.3 is 0 Å². The predicted octanol–water partition coefficient (Wildman–Crippen LogP) is 3.12. The number of hydrogen-bond acceptors (Lipinski definition) is 6. The minimum atomic E-state index is -0.166. The zero-order chi connectivity index (χ0) is 16.2. The van der Waals surface area contributed by atoms with Gasteiger partial charge in [-0.3, -0.25) is 0 Å². The van der Waals surface area contributed by atoms with Crippen molar-refractivity contribution in [2.75, 3.05) is 22.3 Å². The second kappa shape index (κ2) is 5.03. The molecule has 1 fully saturated rings. The molecule has 3 N–H and O–H groups in total. The van der Waals surface area contributed by atoms with Crippen LogP contribution in [0.15, 0.2) is 18.5 Å². The minimum absolute atomic E-state index is 0.166. The SMILES string of the molecule is CC1(C)Cc2c(ccc(O)c2N2CCCS2)-c2ncnc(N)c21. The first-order valence-corrected chi connectivity index (χ1v) is 8.80. The summed E-state index contributed by atoms with van der Waals surface area (Å²) in [7, 11) is 0. The number of nitrogen functional groups attached to an aromatic ring is 1. The highest BCUT2D eigenvalue weighted by Gasteiger charge is 2.37. The Morgan fingerprint density at radius 2 is 2.13 bits per heavy atom. The molecule has 0 unspecified atom stereocenters. The van der Waals surface area contributed by atoms with Crippen LogP contribution in [0.2, 0.25) is 0 Å². The lowest BCUT2D eigenvalue weighted by Gasteiger charge is -2.36. The maximum atomic E-state index is 10.5. The quantitative estimate of drug-likeness (QED) is 0.783. The molecule has 0 radical (unpaired) electrons. The molecule has 6 heteroatoms. The molecule has 0 bridgehead atoms. The summed E-state index contributed by atoms with van der Waals surface area (Å²) in [6.45, 7) is 5.30. The molecule has 2 aromatic rings.